The number of nitrogens with zero attached hydrogens (tertiary/aromatic N) is 2. The van der Waals surface area contributed by atoms with E-state index in [2.05, 4.69) is 15.9 Å². The smallest absolute Gasteiger partial charge is 0.308 e. The molecule has 0 radical (unpaired) electrons. The van der Waals surface area contributed by atoms with Gasteiger partial charge in [-0.25, -0.2) is 0 Å². The number of carbonyl (C=O) groups excluding carboxylic acids is 2. The highest BCUT2D eigenvalue weighted by molar-refractivity contribution is 9.10. The van der Waals surface area contributed by atoms with Gasteiger partial charge in [-0.3, -0.25) is 14.4 Å². The van der Waals surface area contributed by atoms with Crippen LogP contribution in [0.2, 0.25) is 0 Å². The van der Waals surface area contributed by atoms with Crippen LogP contribution in [0.15, 0.2) is 21.2 Å². The molecule has 2 rings (SSSR count). The summed E-state index contributed by atoms with van der Waals surface area (Å²) in [4.78, 5) is 38.2. The van der Waals surface area contributed by atoms with Crippen molar-refractivity contribution in [3.8, 4) is 0 Å². The number of likely N-dealkylation sites (tertiary alicyclic amines) is 1. The minimum atomic E-state index is -0.896. The molecule has 8 heteroatoms. The van der Waals surface area contributed by atoms with Gasteiger partial charge in [-0.15, -0.1) is 0 Å². The van der Waals surface area contributed by atoms with Gasteiger partial charge in [-0.1, -0.05) is 0 Å². The molecule has 0 spiro atoms. The van der Waals surface area contributed by atoms with Crippen LogP contribution in [0, 0.1) is 5.92 Å². The molecule has 0 saturated carbocycles. The molecule has 120 valence electrons. The van der Waals surface area contributed by atoms with Crippen LogP contribution in [0.3, 0.4) is 0 Å². The van der Waals surface area contributed by atoms with Crippen LogP contribution >= 0.6 is 15.9 Å². The van der Waals surface area contributed by atoms with Crippen molar-refractivity contribution in [3.05, 3.63) is 22.6 Å². The molecule has 1 aliphatic rings. The zero-order chi connectivity index (χ0) is 16.4. The molecule has 1 fully saturated rings. The summed E-state index contributed by atoms with van der Waals surface area (Å²) in [5.74, 6) is -1.97. The number of hydrogen-bond acceptors (Lipinski definition) is 4. The fourth-order valence-corrected chi connectivity index (χ4v) is 2.91. The molecular weight excluding hydrogens is 356 g/mol. The average Bonchev–Trinajstić information content (AvgIpc) is 3.03. The number of aliphatic carboxylic acids is 1. The van der Waals surface area contributed by atoms with Gasteiger partial charge in [0.2, 0.25) is 5.91 Å². The van der Waals surface area contributed by atoms with Crippen LogP contribution in [0.1, 0.15) is 23.9 Å². The predicted molar refractivity (Wildman–Crippen MR) is 80.3 cm³/mol. The van der Waals surface area contributed by atoms with E-state index in [1.807, 2.05) is 0 Å². The fraction of sp³-hybridized carbons (Fsp3) is 0.500. The molecule has 1 aromatic heterocycles. The minimum absolute atomic E-state index is 0.117. The number of halogens is 1. The van der Waals surface area contributed by atoms with Crippen LogP contribution < -0.4 is 0 Å². The third-order valence-electron chi connectivity index (χ3n) is 3.90. The Balaban J connectivity index is 1.97. The molecular formula is C14H17BrN2O5. The van der Waals surface area contributed by atoms with Crippen LogP contribution in [0.4, 0.5) is 0 Å². The molecule has 2 amide bonds. The standard InChI is InChI=1S/C14H17BrN2O5/c1-8-9(14(20)21)5-6-17(8)12(18)7-16(2)13(19)10-3-4-11(15)22-10/h3-4,8-9H,5-7H2,1-2H3,(H,20,21). The molecule has 2 atom stereocenters. The van der Waals surface area contributed by atoms with Crippen LogP contribution in [0.5, 0.6) is 0 Å². The number of likely N-dealkylation sites (N-methyl/N-ethyl adjacent to an activating group) is 1. The van der Waals surface area contributed by atoms with E-state index in [9.17, 15) is 14.4 Å². The van der Waals surface area contributed by atoms with E-state index in [-0.39, 0.29) is 24.3 Å². The molecule has 2 heterocycles. The lowest BCUT2D eigenvalue weighted by Crippen LogP contribution is -2.44. The first-order chi connectivity index (χ1) is 10.3. The normalized spacial score (nSPS) is 21.0. The van der Waals surface area contributed by atoms with Crippen molar-refractivity contribution in [1.82, 2.24) is 9.80 Å². The van der Waals surface area contributed by atoms with Crippen molar-refractivity contribution < 1.29 is 23.9 Å². The van der Waals surface area contributed by atoms with Crippen molar-refractivity contribution in [2.24, 2.45) is 5.92 Å². The number of carbonyl (C=O) groups is 3. The number of carboxylic acid groups (broad SMARTS) is 1. The third-order valence-corrected chi connectivity index (χ3v) is 4.32. The minimum Gasteiger partial charge on any atom is -0.481 e. The van der Waals surface area contributed by atoms with Crippen molar-refractivity contribution in [1.29, 1.82) is 0 Å². The van der Waals surface area contributed by atoms with E-state index in [1.54, 1.807) is 13.0 Å². The quantitative estimate of drug-likeness (QED) is 0.863. The number of hydrogen-bond donors (Lipinski definition) is 1. The summed E-state index contributed by atoms with van der Waals surface area (Å²) >= 11 is 3.11. The molecule has 2 unspecified atom stereocenters. The molecule has 1 saturated heterocycles. The van der Waals surface area contributed by atoms with Gasteiger partial charge in [-0.2, -0.15) is 0 Å². The Morgan fingerprint density at radius 1 is 1.45 bits per heavy atom. The molecule has 1 aliphatic heterocycles. The summed E-state index contributed by atoms with van der Waals surface area (Å²) in [5, 5.41) is 9.08. The first-order valence-electron chi connectivity index (χ1n) is 6.84. The van der Waals surface area contributed by atoms with E-state index in [0.717, 1.165) is 0 Å². The van der Waals surface area contributed by atoms with Gasteiger partial charge < -0.3 is 19.3 Å². The second-order valence-electron chi connectivity index (χ2n) is 5.33. The zero-order valence-corrected chi connectivity index (χ0v) is 13.9. The molecule has 0 aliphatic carbocycles. The number of carboxylic acids is 1. The lowest BCUT2D eigenvalue weighted by molar-refractivity contribution is -0.143. The van der Waals surface area contributed by atoms with Gasteiger partial charge in [0, 0.05) is 19.6 Å². The number of amides is 2. The lowest BCUT2D eigenvalue weighted by Gasteiger charge is -2.25. The van der Waals surface area contributed by atoms with Crippen LogP contribution in [0.25, 0.3) is 0 Å². The van der Waals surface area contributed by atoms with Gasteiger partial charge in [0.15, 0.2) is 10.4 Å². The van der Waals surface area contributed by atoms with Gasteiger partial charge in [0.05, 0.1) is 12.5 Å². The SMILES string of the molecule is CC1C(C(=O)O)CCN1C(=O)CN(C)C(=O)c1ccc(Br)o1. The van der Waals surface area contributed by atoms with E-state index in [0.29, 0.717) is 17.6 Å². The highest BCUT2D eigenvalue weighted by Gasteiger charge is 2.38. The molecule has 1 N–H and O–H groups in total. The Hall–Kier alpha value is -1.83. The number of rotatable bonds is 4. The number of furan rings is 1. The summed E-state index contributed by atoms with van der Waals surface area (Å²) < 4.78 is 5.60. The topological polar surface area (TPSA) is 91.1 Å². The Morgan fingerprint density at radius 2 is 2.14 bits per heavy atom. The van der Waals surface area contributed by atoms with Crippen molar-refractivity contribution in [2.75, 3.05) is 20.1 Å². The molecule has 7 nitrogen and oxygen atoms in total. The van der Waals surface area contributed by atoms with Crippen molar-refractivity contribution in [2.45, 2.75) is 19.4 Å². The largest absolute Gasteiger partial charge is 0.481 e. The van der Waals surface area contributed by atoms with E-state index < -0.39 is 17.8 Å². The Kier molecular flexibility index (Phi) is 4.90. The van der Waals surface area contributed by atoms with E-state index >= 15 is 0 Å². The highest BCUT2D eigenvalue weighted by atomic mass is 79.9. The lowest BCUT2D eigenvalue weighted by atomic mass is 10.0. The summed E-state index contributed by atoms with van der Waals surface area (Å²) in [7, 11) is 1.51. The Bertz CT molecular complexity index is 600. The van der Waals surface area contributed by atoms with Gasteiger partial charge >= 0.3 is 5.97 Å². The third kappa shape index (κ3) is 3.32. The van der Waals surface area contributed by atoms with Gasteiger partial charge in [-0.05, 0) is 41.4 Å². The summed E-state index contributed by atoms with van der Waals surface area (Å²) in [6, 6.07) is 2.75. The maximum atomic E-state index is 12.3. The summed E-state index contributed by atoms with van der Waals surface area (Å²) in [6.45, 7) is 1.99. The average molecular weight is 373 g/mol. The maximum Gasteiger partial charge on any atom is 0.308 e. The second-order valence-corrected chi connectivity index (χ2v) is 6.11. The van der Waals surface area contributed by atoms with Crippen LogP contribution in [-0.2, 0) is 9.59 Å². The summed E-state index contributed by atoms with van der Waals surface area (Å²) in [6.07, 6.45) is 0.436. The molecule has 1 aromatic rings. The molecule has 22 heavy (non-hydrogen) atoms. The highest BCUT2D eigenvalue weighted by Crippen LogP contribution is 2.24. The first kappa shape index (κ1) is 16.5. The first-order valence-corrected chi connectivity index (χ1v) is 7.63. The Morgan fingerprint density at radius 3 is 2.64 bits per heavy atom. The van der Waals surface area contributed by atoms with Crippen molar-refractivity contribution in [3.63, 3.8) is 0 Å². The Labute approximate surface area is 136 Å². The van der Waals surface area contributed by atoms with E-state index in [1.165, 1.54) is 22.9 Å². The maximum absolute atomic E-state index is 12.3. The van der Waals surface area contributed by atoms with E-state index in [4.69, 9.17) is 9.52 Å². The van der Waals surface area contributed by atoms with Gasteiger partial charge in [0.1, 0.15) is 0 Å². The molecule has 0 aromatic carbocycles. The van der Waals surface area contributed by atoms with Crippen LogP contribution in [-0.4, -0.2) is 58.9 Å². The fourth-order valence-electron chi connectivity index (χ4n) is 2.60. The zero-order valence-electron chi connectivity index (χ0n) is 12.3. The predicted octanol–water partition coefficient (Wildman–Crippen LogP) is 1.44. The van der Waals surface area contributed by atoms with Crippen molar-refractivity contribution >= 4 is 33.7 Å². The van der Waals surface area contributed by atoms with Gasteiger partial charge in [0.25, 0.3) is 5.91 Å². The monoisotopic (exact) mass is 372 g/mol. The summed E-state index contributed by atoms with van der Waals surface area (Å²) in [5.41, 5.74) is 0. The molecule has 0 bridgehead atoms. The second kappa shape index (κ2) is 6.51.